The Morgan fingerprint density at radius 2 is 0.821 bits per heavy atom. The second kappa shape index (κ2) is 7.18. The van der Waals surface area contributed by atoms with Crippen LogP contribution in [-0.2, 0) is 0 Å². The molecule has 7 heteroatoms. The van der Waals surface area contributed by atoms with Crippen molar-refractivity contribution in [2.45, 2.75) is 45.7 Å². The van der Waals surface area contributed by atoms with E-state index in [9.17, 15) is 24.3 Å². The SMILES string of the molecule is CC(C)(C)N1C(=O)c2ccc3c4ccc5c6c(ccc(c7ccc(c2c37)C1=O)c64)C(=O)N(C(C)(C)CO)C5=O. The normalized spacial score (nSPS) is 16.2. The van der Waals surface area contributed by atoms with E-state index in [-0.39, 0.29) is 18.4 Å². The molecule has 0 fully saturated rings. The van der Waals surface area contributed by atoms with Gasteiger partial charge in [-0.15, -0.1) is 0 Å². The van der Waals surface area contributed by atoms with E-state index in [0.717, 1.165) is 37.2 Å². The molecule has 0 atom stereocenters. The maximum absolute atomic E-state index is 13.6. The Hall–Kier alpha value is -4.36. The second-order valence-corrected chi connectivity index (χ2v) is 12.2. The molecule has 4 amide bonds. The fourth-order valence-electron chi connectivity index (χ4n) is 6.50. The lowest BCUT2D eigenvalue weighted by molar-refractivity contribution is 0.0306. The van der Waals surface area contributed by atoms with Crippen LogP contribution < -0.4 is 0 Å². The lowest BCUT2D eigenvalue weighted by Crippen LogP contribution is -2.54. The fraction of sp³-hybridized carbons (Fsp3) is 0.250. The van der Waals surface area contributed by atoms with E-state index >= 15 is 0 Å². The third-order valence-corrected chi connectivity index (χ3v) is 8.30. The molecule has 2 heterocycles. The predicted molar refractivity (Wildman–Crippen MR) is 150 cm³/mol. The molecule has 0 saturated heterocycles. The predicted octanol–water partition coefficient (Wildman–Crippen LogP) is 5.50. The van der Waals surface area contributed by atoms with Crippen molar-refractivity contribution >= 4 is 66.7 Å². The minimum atomic E-state index is -1.06. The highest BCUT2D eigenvalue weighted by Crippen LogP contribution is 2.47. The molecule has 0 radical (unpaired) electrons. The van der Waals surface area contributed by atoms with Crippen molar-refractivity contribution in [3.8, 4) is 0 Å². The summed E-state index contributed by atoms with van der Waals surface area (Å²) in [5.74, 6) is -1.51. The molecular weight excluding hydrogens is 492 g/mol. The van der Waals surface area contributed by atoms with Crippen LogP contribution in [0.25, 0.3) is 43.1 Å². The topological polar surface area (TPSA) is 95.0 Å². The van der Waals surface area contributed by atoms with Crippen molar-refractivity contribution in [2.75, 3.05) is 6.61 Å². The van der Waals surface area contributed by atoms with E-state index < -0.39 is 22.9 Å². The van der Waals surface area contributed by atoms with Gasteiger partial charge in [0.1, 0.15) is 0 Å². The number of benzene rings is 5. The van der Waals surface area contributed by atoms with E-state index in [0.29, 0.717) is 33.0 Å². The van der Waals surface area contributed by atoms with Crippen LogP contribution in [0.15, 0.2) is 48.5 Å². The molecule has 7 rings (SSSR count). The molecule has 2 aliphatic rings. The Morgan fingerprint density at radius 3 is 1.10 bits per heavy atom. The molecule has 5 aromatic rings. The molecule has 2 aliphatic heterocycles. The second-order valence-electron chi connectivity index (χ2n) is 12.2. The van der Waals surface area contributed by atoms with Crippen LogP contribution >= 0.6 is 0 Å². The van der Waals surface area contributed by atoms with Crippen LogP contribution in [-0.4, -0.2) is 56.2 Å². The van der Waals surface area contributed by atoms with Crippen LogP contribution in [0, 0.1) is 0 Å². The lowest BCUT2D eigenvalue weighted by atomic mass is 9.81. The van der Waals surface area contributed by atoms with Gasteiger partial charge in [-0.3, -0.25) is 29.0 Å². The molecule has 0 aliphatic carbocycles. The van der Waals surface area contributed by atoms with Crippen molar-refractivity contribution in [2.24, 2.45) is 0 Å². The summed E-state index contributed by atoms with van der Waals surface area (Å²) in [6, 6.07) is 14.6. The number of nitrogens with zero attached hydrogens (tertiary/aromatic N) is 2. The van der Waals surface area contributed by atoms with Gasteiger partial charge in [0, 0.05) is 38.6 Å². The van der Waals surface area contributed by atoms with Gasteiger partial charge in [-0.2, -0.15) is 0 Å². The highest BCUT2D eigenvalue weighted by Gasteiger charge is 2.43. The maximum Gasteiger partial charge on any atom is 0.261 e. The minimum Gasteiger partial charge on any atom is -0.394 e. The Bertz CT molecular complexity index is 1880. The number of fused-ring (bicyclic) bond motifs is 2. The Morgan fingerprint density at radius 1 is 0.513 bits per heavy atom. The zero-order valence-electron chi connectivity index (χ0n) is 22.3. The molecule has 0 bridgehead atoms. The van der Waals surface area contributed by atoms with E-state index in [1.807, 2.05) is 45.0 Å². The lowest BCUT2D eigenvalue weighted by Gasteiger charge is -2.39. The molecule has 5 aromatic carbocycles. The number of aliphatic hydroxyl groups is 1. The standard InChI is InChI=1S/C32H26N2O5/c1-31(2,3)33-27(36)19-10-6-15-17-8-12-21-26-22(30(39)34(29(21)38)32(4,5)14-35)13-9-18(24(17)26)16-7-11-20(28(33)37)25(19)23(15)16/h6-13,35H,14H2,1-5H3. The van der Waals surface area contributed by atoms with Gasteiger partial charge in [-0.05, 0) is 91.2 Å². The van der Waals surface area contributed by atoms with Crippen LogP contribution in [0.4, 0.5) is 0 Å². The number of hydrogen-bond acceptors (Lipinski definition) is 5. The zero-order valence-corrected chi connectivity index (χ0v) is 22.3. The van der Waals surface area contributed by atoms with Gasteiger partial charge < -0.3 is 5.11 Å². The van der Waals surface area contributed by atoms with E-state index in [1.54, 1.807) is 38.1 Å². The molecule has 194 valence electrons. The van der Waals surface area contributed by atoms with Gasteiger partial charge in [-0.25, -0.2) is 0 Å². The van der Waals surface area contributed by atoms with Gasteiger partial charge >= 0.3 is 0 Å². The zero-order chi connectivity index (χ0) is 27.8. The van der Waals surface area contributed by atoms with Gasteiger partial charge in [0.05, 0.1) is 12.1 Å². The third-order valence-electron chi connectivity index (χ3n) is 8.30. The van der Waals surface area contributed by atoms with Crippen molar-refractivity contribution in [3.05, 3.63) is 70.8 Å². The first kappa shape index (κ1) is 23.7. The number of imide groups is 2. The Labute approximate surface area is 223 Å². The average molecular weight is 519 g/mol. The smallest absolute Gasteiger partial charge is 0.261 e. The number of aliphatic hydroxyl groups excluding tert-OH is 1. The highest BCUT2D eigenvalue weighted by atomic mass is 16.3. The Kier molecular flexibility index (Phi) is 4.37. The number of amides is 4. The average Bonchev–Trinajstić information content (AvgIpc) is 2.88. The summed E-state index contributed by atoms with van der Waals surface area (Å²) in [4.78, 5) is 56.9. The first-order valence-corrected chi connectivity index (χ1v) is 13.0. The number of carbonyl (C=O) groups is 4. The van der Waals surface area contributed by atoms with Crippen LogP contribution in [0.3, 0.4) is 0 Å². The van der Waals surface area contributed by atoms with Crippen molar-refractivity contribution in [3.63, 3.8) is 0 Å². The summed E-state index contributed by atoms with van der Waals surface area (Å²) in [6.07, 6.45) is 0. The number of hydrogen-bond donors (Lipinski definition) is 1. The Balaban J connectivity index is 1.61. The summed E-state index contributed by atoms with van der Waals surface area (Å²) in [5, 5.41) is 16.2. The summed E-state index contributed by atoms with van der Waals surface area (Å²) >= 11 is 0. The molecule has 0 unspecified atom stereocenters. The quantitative estimate of drug-likeness (QED) is 0.189. The third kappa shape index (κ3) is 2.75. The van der Waals surface area contributed by atoms with Crippen molar-refractivity contribution < 1.29 is 24.3 Å². The van der Waals surface area contributed by atoms with Crippen LogP contribution in [0.5, 0.6) is 0 Å². The van der Waals surface area contributed by atoms with Crippen LogP contribution in [0.1, 0.15) is 76.1 Å². The number of rotatable bonds is 2. The number of carbonyl (C=O) groups excluding carboxylic acids is 4. The van der Waals surface area contributed by atoms with Crippen molar-refractivity contribution in [1.82, 2.24) is 9.80 Å². The van der Waals surface area contributed by atoms with E-state index in [1.165, 1.54) is 4.90 Å². The van der Waals surface area contributed by atoms with Gasteiger partial charge in [0.25, 0.3) is 23.6 Å². The summed E-state index contributed by atoms with van der Waals surface area (Å²) in [6.45, 7) is 8.51. The summed E-state index contributed by atoms with van der Waals surface area (Å²) in [7, 11) is 0. The molecule has 1 N–H and O–H groups in total. The molecule has 7 nitrogen and oxygen atoms in total. The highest BCUT2D eigenvalue weighted by molar-refractivity contribution is 6.41. The van der Waals surface area contributed by atoms with Gasteiger partial charge in [0.15, 0.2) is 0 Å². The summed E-state index contributed by atoms with van der Waals surface area (Å²) < 4.78 is 0. The molecule has 0 aromatic heterocycles. The monoisotopic (exact) mass is 518 g/mol. The molecule has 0 spiro atoms. The van der Waals surface area contributed by atoms with E-state index in [2.05, 4.69) is 0 Å². The molecular formula is C32H26N2O5. The first-order chi connectivity index (χ1) is 18.4. The fourth-order valence-corrected chi connectivity index (χ4v) is 6.50. The van der Waals surface area contributed by atoms with Gasteiger partial charge in [-0.1, -0.05) is 24.3 Å². The van der Waals surface area contributed by atoms with E-state index in [4.69, 9.17) is 0 Å². The molecule has 0 saturated carbocycles. The molecule has 39 heavy (non-hydrogen) atoms. The van der Waals surface area contributed by atoms with Gasteiger partial charge in [0.2, 0.25) is 0 Å². The van der Waals surface area contributed by atoms with Crippen molar-refractivity contribution in [1.29, 1.82) is 0 Å². The minimum absolute atomic E-state index is 0.317. The first-order valence-electron chi connectivity index (χ1n) is 13.0. The van der Waals surface area contributed by atoms with Crippen LogP contribution in [0.2, 0.25) is 0 Å². The summed E-state index contributed by atoms with van der Waals surface area (Å²) in [5.41, 5.74) is 0.0514. The maximum atomic E-state index is 13.6. The largest absolute Gasteiger partial charge is 0.394 e.